The molecule has 6 nitrogen and oxygen atoms in total. The lowest BCUT2D eigenvalue weighted by Crippen LogP contribution is -2.44. The van der Waals surface area contributed by atoms with Gasteiger partial charge in [-0.1, -0.05) is 24.3 Å². The molecule has 2 amide bonds. The van der Waals surface area contributed by atoms with Crippen molar-refractivity contribution in [2.24, 2.45) is 0 Å². The van der Waals surface area contributed by atoms with Crippen LogP contribution in [0.1, 0.15) is 22.8 Å². The van der Waals surface area contributed by atoms with Crippen LogP contribution >= 0.6 is 0 Å². The van der Waals surface area contributed by atoms with Crippen molar-refractivity contribution in [3.05, 3.63) is 59.7 Å². The molecule has 0 radical (unpaired) electrons. The Hall–Kier alpha value is -3.02. The molecule has 0 fully saturated rings. The maximum absolute atomic E-state index is 12.1. The summed E-state index contributed by atoms with van der Waals surface area (Å²) in [6.07, 6.45) is 0. The SMILES string of the molecule is C[C@H](NC(=O)c1ccccc1)C(=O)NCc1ccc2c(c1)OCO2. The molecular formula is C18H18N2O4. The smallest absolute Gasteiger partial charge is 0.251 e. The minimum absolute atomic E-state index is 0.216. The molecule has 0 spiro atoms. The molecular weight excluding hydrogens is 308 g/mol. The predicted molar refractivity (Wildman–Crippen MR) is 87.8 cm³/mol. The van der Waals surface area contributed by atoms with E-state index < -0.39 is 6.04 Å². The molecule has 0 saturated heterocycles. The van der Waals surface area contributed by atoms with Gasteiger partial charge in [0.05, 0.1) is 0 Å². The number of hydrogen-bond acceptors (Lipinski definition) is 4. The first-order chi connectivity index (χ1) is 11.6. The Labute approximate surface area is 139 Å². The number of carbonyl (C=O) groups is 2. The first kappa shape index (κ1) is 15.9. The summed E-state index contributed by atoms with van der Waals surface area (Å²) in [4.78, 5) is 24.2. The lowest BCUT2D eigenvalue weighted by atomic mass is 10.2. The predicted octanol–water partition coefficient (Wildman–Crippen LogP) is 1.85. The number of hydrogen-bond donors (Lipinski definition) is 2. The topological polar surface area (TPSA) is 76.7 Å². The van der Waals surface area contributed by atoms with Crippen molar-refractivity contribution in [1.82, 2.24) is 10.6 Å². The van der Waals surface area contributed by atoms with E-state index in [9.17, 15) is 9.59 Å². The molecule has 0 bridgehead atoms. The summed E-state index contributed by atoms with van der Waals surface area (Å²) < 4.78 is 10.5. The Morgan fingerprint density at radius 2 is 1.83 bits per heavy atom. The van der Waals surface area contributed by atoms with Gasteiger partial charge in [0.1, 0.15) is 6.04 Å². The average molecular weight is 326 g/mol. The van der Waals surface area contributed by atoms with E-state index in [1.165, 1.54) is 0 Å². The maximum Gasteiger partial charge on any atom is 0.251 e. The van der Waals surface area contributed by atoms with E-state index in [-0.39, 0.29) is 18.6 Å². The van der Waals surface area contributed by atoms with Gasteiger partial charge in [-0.2, -0.15) is 0 Å². The molecule has 0 saturated carbocycles. The monoisotopic (exact) mass is 326 g/mol. The lowest BCUT2D eigenvalue weighted by molar-refractivity contribution is -0.122. The number of nitrogens with one attached hydrogen (secondary N) is 2. The minimum atomic E-state index is -0.633. The molecule has 1 aliphatic heterocycles. The van der Waals surface area contributed by atoms with E-state index in [4.69, 9.17) is 9.47 Å². The van der Waals surface area contributed by atoms with Crippen LogP contribution in [0.25, 0.3) is 0 Å². The number of rotatable bonds is 5. The maximum atomic E-state index is 12.1. The van der Waals surface area contributed by atoms with Crippen LogP contribution in [0.5, 0.6) is 11.5 Å². The molecule has 1 aliphatic rings. The first-order valence-electron chi connectivity index (χ1n) is 7.65. The largest absolute Gasteiger partial charge is 0.454 e. The summed E-state index contributed by atoms with van der Waals surface area (Å²) in [7, 11) is 0. The van der Waals surface area contributed by atoms with E-state index >= 15 is 0 Å². The van der Waals surface area contributed by atoms with E-state index in [0.29, 0.717) is 23.6 Å². The number of carbonyl (C=O) groups excluding carboxylic acids is 2. The molecule has 124 valence electrons. The molecule has 1 atom stereocenters. The Balaban J connectivity index is 1.52. The number of fused-ring (bicyclic) bond motifs is 1. The third kappa shape index (κ3) is 3.65. The van der Waals surface area contributed by atoms with Crippen LogP contribution in [0, 0.1) is 0 Å². The molecule has 2 aromatic rings. The fraction of sp³-hybridized carbons (Fsp3) is 0.222. The fourth-order valence-corrected chi connectivity index (χ4v) is 2.33. The van der Waals surface area contributed by atoms with Gasteiger partial charge in [-0.15, -0.1) is 0 Å². The van der Waals surface area contributed by atoms with E-state index in [1.807, 2.05) is 24.3 Å². The van der Waals surface area contributed by atoms with Crippen molar-refractivity contribution in [2.45, 2.75) is 19.5 Å². The van der Waals surface area contributed by atoms with Crippen LogP contribution in [-0.2, 0) is 11.3 Å². The Kier molecular flexibility index (Phi) is 4.65. The van der Waals surface area contributed by atoms with Crippen LogP contribution in [0.15, 0.2) is 48.5 Å². The van der Waals surface area contributed by atoms with Gasteiger partial charge in [0, 0.05) is 12.1 Å². The van der Waals surface area contributed by atoms with Crippen molar-refractivity contribution in [2.75, 3.05) is 6.79 Å². The highest BCUT2D eigenvalue weighted by Crippen LogP contribution is 2.32. The molecule has 0 unspecified atom stereocenters. The summed E-state index contributed by atoms with van der Waals surface area (Å²) in [6, 6.07) is 13.7. The van der Waals surface area contributed by atoms with Crippen LogP contribution in [0.2, 0.25) is 0 Å². The highest BCUT2D eigenvalue weighted by Gasteiger charge is 2.17. The summed E-state index contributed by atoms with van der Waals surface area (Å²) in [5.74, 6) is 0.846. The third-order valence-electron chi connectivity index (χ3n) is 3.68. The molecule has 0 aromatic heterocycles. The highest BCUT2D eigenvalue weighted by atomic mass is 16.7. The second kappa shape index (κ2) is 7.04. The molecule has 24 heavy (non-hydrogen) atoms. The number of benzene rings is 2. The van der Waals surface area contributed by atoms with Crippen molar-refractivity contribution < 1.29 is 19.1 Å². The van der Waals surface area contributed by atoms with Gasteiger partial charge in [-0.05, 0) is 36.8 Å². The lowest BCUT2D eigenvalue weighted by Gasteiger charge is -2.14. The van der Waals surface area contributed by atoms with Crippen molar-refractivity contribution in [3.8, 4) is 11.5 Å². The minimum Gasteiger partial charge on any atom is -0.454 e. The van der Waals surface area contributed by atoms with Crippen molar-refractivity contribution in [1.29, 1.82) is 0 Å². The van der Waals surface area contributed by atoms with Gasteiger partial charge in [0.25, 0.3) is 5.91 Å². The van der Waals surface area contributed by atoms with Gasteiger partial charge in [-0.25, -0.2) is 0 Å². The zero-order valence-corrected chi connectivity index (χ0v) is 13.2. The van der Waals surface area contributed by atoms with Crippen LogP contribution in [0.4, 0.5) is 0 Å². The zero-order chi connectivity index (χ0) is 16.9. The van der Waals surface area contributed by atoms with Gasteiger partial charge < -0.3 is 20.1 Å². The van der Waals surface area contributed by atoms with Crippen LogP contribution < -0.4 is 20.1 Å². The molecule has 2 N–H and O–H groups in total. The molecule has 3 rings (SSSR count). The van der Waals surface area contributed by atoms with Crippen molar-refractivity contribution >= 4 is 11.8 Å². The van der Waals surface area contributed by atoms with Gasteiger partial charge in [0.2, 0.25) is 12.7 Å². The van der Waals surface area contributed by atoms with E-state index in [0.717, 1.165) is 5.56 Å². The van der Waals surface area contributed by atoms with Crippen LogP contribution in [-0.4, -0.2) is 24.6 Å². The normalized spacial score (nSPS) is 13.2. The zero-order valence-electron chi connectivity index (χ0n) is 13.2. The second-order valence-corrected chi connectivity index (χ2v) is 5.47. The second-order valence-electron chi connectivity index (χ2n) is 5.47. The van der Waals surface area contributed by atoms with Gasteiger partial charge in [-0.3, -0.25) is 9.59 Å². The standard InChI is InChI=1S/C18H18N2O4/c1-12(20-18(22)14-5-3-2-4-6-14)17(21)19-10-13-7-8-15-16(9-13)24-11-23-15/h2-9,12H,10-11H2,1H3,(H,19,21)(H,20,22)/t12-/m0/s1. The molecule has 2 aromatic carbocycles. The fourth-order valence-electron chi connectivity index (χ4n) is 2.33. The summed E-state index contributed by atoms with van der Waals surface area (Å²) >= 11 is 0. The summed E-state index contributed by atoms with van der Waals surface area (Å²) in [5, 5.41) is 5.47. The Morgan fingerprint density at radius 1 is 1.08 bits per heavy atom. The highest BCUT2D eigenvalue weighted by molar-refractivity contribution is 5.97. The Bertz CT molecular complexity index is 746. The third-order valence-corrected chi connectivity index (χ3v) is 3.68. The van der Waals surface area contributed by atoms with Crippen molar-refractivity contribution in [3.63, 3.8) is 0 Å². The first-order valence-corrected chi connectivity index (χ1v) is 7.65. The van der Waals surface area contributed by atoms with E-state index in [1.54, 1.807) is 31.2 Å². The molecule has 6 heteroatoms. The number of amides is 2. The summed E-state index contributed by atoms with van der Waals surface area (Å²) in [6.45, 7) is 2.21. The number of ether oxygens (including phenoxy) is 2. The van der Waals surface area contributed by atoms with E-state index in [2.05, 4.69) is 10.6 Å². The quantitative estimate of drug-likeness (QED) is 0.879. The van der Waals surface area contributed by atoms with Crippen LogP contribution in [0.3, 0.4) is 0 Å². The Morgan fingerprint density at radius 3 is 2.62 bits per heavy atom. The van der Waals surface area contributed by atoms with Gasteiger partial charge in [0.15, 0.2) is 11.5 Å². The average Bonchev–Trinajstić information content (AvgIpc) is 3.08. The van der Waals surface area contributed by atoms with Gasteiger partial charge >= 0.3 is 0 Å². The summed E-state index contributed by atoms with van der Waals surface area (Å²) in [5.41, 5.74) is 1.42. The molecule has 1 heterocycles. The molecule has 0 aliphatic carbocycles.